The quantitative estimate of drug-likeness (QED) is 0.541. The zero-order chi connectivity index (χ0) is 23.3. The van der Waals surface area contributed by atoms with E-state index in [9.17, 15) is 9.90 Å². The summed E-state index contributed by atoms with van der Waals surface area (Å²) in [6, 6.07) is 3.28. The first-order valence-electron chi connectivity index (χ1n) is 10.8. The smallest absolute Gasteiger partial charge is 0.255 e. The van der Waals surface area contributed by atoms with Crippen LogP contribution in [0.3, 0.4) is 0 Å². The lowest BCUT2D eigenvalue weighted by atomic mass is 10.00. The Hall–Kier alpha value is -2.39. The summed E-state index contributed by atoms with van der Waals surface area (Å²) in [5.41, 5.74) is 1.04. The van der Waals surface area contributed by atoms with Crippen LogP contribution in [0.5, 0.6) is 11.5 Å². The van der Waals surface area contributed by atoms with E-state index in [2.05, 4.69) is 5.32 Å². The molecular weight excluding hydrogens is 414 g/mol. The molecule has 2 N–H and O–H groups in total. The molecule has 3 unspecified atom stereocenters. The summed E-state index contributed by atoms with van der Waals surface area (Å²) in [5, 5.41) is 13.7. The minimum Gasteiger partial charge on any atom is -0.497 e. The predicted octanol–water partition coefficient (Wildman–Crippen LogP) is 3.04. The van der Waals surface area contributed by atoms with Crippen LogP contribution in [-0.4, -0.2) is 62.2 Å². The minimum atomic E-state index is -0.817. The standard InChI is InChI=1S/C24H33NO7/c1-15-8-6-10-18(26)22-19(31-24(2,3)32-22)11-7-9-16-12-17(29-5)13-20(30-14-28-4)21(16)23(27)25-15/h6-7,9-10,12-13,15,18-19,22,26H,8,11,14H2,1-5H3,(H,25,27)/b9-7?,10-6-/t15?,18?,19-,22?/m0/s1. The zero-order valence-corrected chi connectivity index (χ0v) is 19.3. The second-order valence-corrected chi connectivity index (χ2v) is 8.45. The number of hydrogen-bond acceptors (Lipinski definition) is 7. The van der Waals surface area contributed by atoms with Crippen molar-refractivity contribution in [3.05, 3.63) is 41.5 Å². The number of methoxy groups -OCH3 is 2. The molecule has 0 spiro atoms. The summed E-state index contributed by atoms with van der Waals surface area (Å²) in [7, 11) is 3.07. The number of fused-ring (bicyclic) bond motifs is 2. The summed E-state index contributed by atoms with van der Waals surface area (Å²) in [4.78, 5) is 13.2. The van der Waals surface area contributed by atoms with E-state index in [1.807, 2.05) is 39.0 Å². The normalized spacial score (nSPS) is 28.8. The summed E-state index contributed by atoms with van der Waals surface area (Å²) < 4.78 is 28.1. The molecule has 32 heavy (non-hydrogen) atoms. The van der Waals surface area contributed by atoms with E-state index in [1.54, 1.807) is 25.3 Å². The highest BCUT2D eigenvalue weighted by Gasteiger charge is 2.43. The Bertz CT molecular complexity index is 864. The summed E-state index contributed by atoms with van der Waals surface area (Å²) in [6.45, 7) is 5.56. The summed E-state index contributed by atoms with van der Waals surface area (Å²) in [6.07, 6.45) is 6.66. The van der Waals surface area contributed by atoms with E-state index in [-0.39, 0.29) is 24.8 Å². The van der Waals surface area contributed by atoms with E-state index in [0.717, 1.165) is 0 Å². The van der Waals surface area contributed by atoms with Crippen LogP contribution in [0.1, 0.15) is 49.5 Å². The van der Waals surface area contributed by atoms with Gasteiger partial charge in [0, 0.05) is 19.2 Å². The highest BCUT2D eigenvalue weighted by molar-refractivity contribution is 6.01. The monoisotopic (exact) mass is 447 g/mol. The number of nitrogens with one attached hydrogen (secondary N) is 1. The average molecular weight is 448 g/mol. The molecule has 4 atom stereocenters. The Morgan fingerprint density at radius 1 is 1.19 bits per heavy atom. The van der Waals surface area contributed by atoms with Gasteiger partial charge in [-0.15, -0.1) is 0 Å². The fourth-order valence-corrected chi connectivity index (χ4v) is 3.89. The molecule has 176 valence electrons. The van der Waals surface area contributed by atoms with Gasteiger partial charge in [-0.25, -0.2) is 0 Å². The van der Waals surface area contributed by atoms with Crippen LogP contribution in [0.15, 0.2) is 30.4 Å². The predicted molar refractivity (Wildman–Crippen MR) is 120 cm³/mol. The van der Waals surface area contributed by atoms with E-state index >= 15 is 0 Å². The number of rotatable bonds is 4. The van der Waals surface area contributed by atoms with Gasteiger partial charge in [-0.2, -0.15) is 0 Å². The van der Waals surface area contributed by atoms with Gasteiger partial charge in [0.15, 0.2) is 12.6 Å². The number of aliphatic hydroxyl groups excluding tert-OH is 1. The lowest BCUT2D eigenvalue weighted by Gasteiger charge is -2.21. The number of aliphatic hydroxyl groups is 1. The van der Waals surface area contributed by atoms with Crippen molar-refractivity contribution < 1.29 is 33.6 Å². The molecular formula is C24H33NO7. The van der Waals surface area contributed by atoms with Crippen LogP contribution in [0.25, 0.3) is 6.08 Å². The van der Waals surface area contributed by atoms with Crippen molar-refractivity contribution >= 4 is 12.0 Å². The third-order valence-electron chi connectivity index (χ3n) is 5.33. The van der Waals surface area contributed by atoms with E-state index in [0.29, 0.717) is 35.5 Å². The number of ether oxygens (including phenoxy) is 5. The molecule has 0 bridgehead atoms. The van der Waals surface area contributed by atoms with Crippen molar-refractivity contribution in [3.63, 3.8) is 0 Å². The topological polar surface area (TPSA) is 95.5 Å². The molecule has 8 nitrogen and oxygen atoms in total. The molecule has 2 aliphatic heterocycles. The van der Waals surface area contributed by atoms with Gasteiger partial charge in [0.2, 0.25) is 0 Å². The van der Waals surface area contributed by atoms with Gasteiger partial charge >= 0.3 is 0 Å². The third-order valence-corrected chi connectivity index (χ3v) is 5.33. The number of carbonyl (C=O) groups excluding carboxylic acids is 1. The Balaban J connectivity index is 2.02. The highest BCUT2D eigenvalue weighted by Crippen LogP contribution is 2.34. The van der Waals surface area contributed by atoms with Crippen molar-refractivity contribution in [2.24, 2.45) is 0 Å². The second kappa shape index (κ2) is 10.5. The maximum atomic E-state index is 13.2. The van der Waals surface area contributed by atoms with Gasteiger partial charge in [-0.1, -0.05) is 24.3 Å². The first-order chi connectivity index (χ1) is 15.2. The molecule has 8 heteroatoms. The average Bonchev–Trinajstić information content (AvgIpc) is 3.05. The van der Waals surface area contributed by atoms with Gasteiger partial charge in [-0.05, 0) is 45.2 Å². The van der Waals surface area contributed by atoms with Crippen LogP contribution >= 0.6 is 0 Å². The number of benzene rings is 1. The highest BCUT2D eigenvalue weighted by atomic mass is 16.8. The van der Waals surface area contributed by atoms with Crippen molar-refractivity contribution in [1.82, 2.24) is 5.32 Å². The molecule has 1 aromatic rings. The molecule has 1 aromatic carbocycles. The van der Waals surface area contributed by atoms with Crippen LogP contribution < -0.4 is 14.8 Å². The largest absolute Gasteiger partial charge is 0.497 e. The first kappa shape index (κ1) is 24.3. The molecule has 1 amide bonds. The lowest BCUT2D eigenvalue weighted by molar-refractivity contribution is -0.152. The fourth-order valence-electron chi connectivity index (χ4n) is 3.89. The Morgan fingerprint density at radius 3 is 2.69 bits per heavy atom. The third kappa shape index (κ3) is 5.89. The number of carbonyl (C=O) groups is 1. The molecule has 2 aliphatic rings. The Morgan fingerprint density at radius 2 is 1.97 bits per heavy atom. The van der Waals surface area contributed by atoms with Crippen molar-refractivity contribution in [2.75, 3.05) is 21.0 Å². The molecule has 0 radical (unpaired) electrons. The van der Waals surface area contributed by atoms with Gasteiger partial charge in [0.05, 0.1) is 18.8 Å². The molecule has 1 saturated heterocycles. The molecule has 3 rings (SSSR count). The first-order valence-corrected chi connectivity index (χ1v) is 10.8. The van der Waals surface area contributed by atoms with Gasteiger partial charge in [0.25, 0.3) is 5.91 Å². The van der Waals surface area contributed by atoms with Crippen molar-refractivity contribution in [2.45, 2.75) is 63.8 Å². The second-order valence-electron chi connectivity index (χ2n) is 8.45. The molecule has 2 heterocycles. The number of hydrogen-bond donors (Lipinski definition) is 2. The lowest BCUT2D eigenvalue weighted by Crippen LogP contribution is -2.35. The summed E-state index contributed by atoms with van der Waals surface area (Å²) >= 11 is 0. The van der Waals surface area contributed by atoms with Gasteiger partial charge in [0.1, 0.15) is 23.7 Å². The van der Waals surface area contributed by atoms with E-state index in [4.69, 9.17) is 23.7 Å². The maximum Gasteiger partial charge on any atom is 0.255 e. The van der Waals surface area contributed by atoms with Crippen LogP contribution in [-0.2, 0) is 14.2 Å². The van der Waals surface area contributed by atoms with Gasteiger partial charge < -0.3 is 34.1 Å². The summed E-state index contributed by atoms with van der Waals surface area (Å²) in [5.74, 6) is -0.136. The van der Waals surface area contributed by atoms with Crippen LogP contribution in [0, 0.1) is 0 Å². The van der Waals surface area contributed by atoms with E-state index < -0.39 is 18.0 Å². The van der Waals surface area contributed by atoms with Crippen molar-refractivity contribution in [1.29, 1.82) is 0 Å². The van der Waals surface area contributed by atoms with Crippen LogP contribution in [0.2, 0.25) is 0 Å². The Labute approximate surface area is 189 Å². The minimum absolute atomic E-state index is 0.00318. The van der Waals surface area contributed by atoms with Crippen LogP contribution in [0.4, 0.5) is 0 Å². The fraction of sp³-hybridized carbons (Fsp3) is 0.542. The Kier molecular flexibility index (Phi) is 7.95. The number of amides is 1. The van der Waals surface area contributed by atoms with E-state index in [1.165, 1.54) is 7.11 Å². The zero-order valence-electron chi connectivity index (χ0n) is 19.3. The van der Waals surface area contributed by atoms with Crippen molar-refractivity contribution in [3.8, 4) is 11.5 Å². The SMILES string of the molecule is COCOc1cc(OC)cc2c1C(=O)NC(C)C/C=C\C(O)C1OC(C)(C)O[C@H]1CC=C2. The molecule has 0 saturated carbocycles. The molecule has 0 aromatic heterocycles. The van der Waals surface area contributed by atoms with Gasteiger partial charge in [-0.3, -0.25) is 4.79 Å². The maximum absolute atomic E-state index is 13.2. The molecule has 1 fully saturated rings. The molecule has 0 aliphatic carbocycles.